The number of hydrogen-bond donors (Lipinski definition) is 3. The summed E-state index contributed by atoms with van der Waals surface area (Å²) in [5, 5.41) is 31.8. The van der Waals surface area contributed by atoms with Crippen LogP contribution in [0.3, 0.4) is 0 Å². The molecule has 30 heavy (non-hydrogen) atoms. The van der Waals surface area contributed by atoms with Gasteiger partial charge < -0.3 is 20.1 Å². The molecule has 3 N–H and O–H groups in total. The highest BCUT2D eigenvalue weighted by atomic mass is 16.5. The number of ketones is 3. The summed E-state index contributed by atoms with van der Waals surface area (Å²) in [5.74, 6) is -5.75. The molecular formula is C22H20O8. The average molecular weight is 412 g/mol. The van der Waals surface area contributed by atoms with Crippen molar-refractivity contribution >= 4 is 29.1 Å². The molecule has 3 aliphatic rings. The normalized spacial score (nSPS) is 25.5. The molecular weight excluding hydrogens is 392 g/mol. The van der Waals surface area contributed by atoms with Gasteiger partial charge in [-0.15, -0.1) is 0 Å². The molecule has 0 aliphatic heterocycles. The van der Waals surface area contributed by atoms with E-state index in [0.717, 1.165) is 6.92 Å². The van der Waals surface area contributed by atoms with E-state index in [4.69, 9.17) is 4.74 Å². The molecule has 3 aliphatic carbocycles. The Bertz CT molecular complexity index is 1090. The van der Waals surface area contributed by atoms with Crippen molar-refractivity contribution in [1.29, 1.82) is 0 Å². The van der Waals surface area contributed by atoms with Gasteiger partial charge in [-0.05, 0) is 49.3 Å². The van der Waals surface area contributed by atoms with Gasteiger partial charge in [0.2, 0.25) is 0 Å². The molecule has 0 radical (unpaired) electrons. The lowest BCUT2D eigenvalue weighted by atomic mass is 9.61. The van der Waals surface area contributed by atoms with Crippen LogP contribution < -0.4 is 0 Å². The number of allylic oxidation sites excluding steroid dienone is 3. The van der Waals surface area contributed by atoms with E-state index in [1.807, 2.05) is 0 Å². The van der Waals surface area contributed by atoms with Crippen LogP contribution in [0.25, 0.3) is 5.76 Å². The van der Waals surface area contributed by atoms with Crippen molar-refractivity contribution in [2.24, 2.45) is 17.8 Å². The summed E-state index contributed by atoms with van der Waals surface area (Å²) in [5.41, 5.74) is 0.190. The van der Waals surface area contributed by atoms with Gasteiger partial charge in [-0.2, -0.15) is 0 Å². The van der Waals surface area contributed by atoms with E-state index in [1.165, 1.54) is 19.2 Å². The quantitative estimate of drug-likeness (QED) is 0.496. The second-order valence-electron chi connectivity index (χ2n) is 7.92. The molecule has 4 rings (SSSR count). The number of phenols is 1. The number of fused-ring (bicyclic) bond motifs is 3. The number of hydrogen-bond acceptors (Lipinski definition) is 8. The van der Waals surface area contributed by atoms with Gasteiger partial charge in [-0.1, -0.05) is 0 Å². The molecule has 1 aromatic rings. The minimum absolute atomic E-state index is 0.0157. The SMILES string of the molecule is COC(=O)c1ccc(O)c2c1CC1CC3CC(=O)C(C(C)=O)=C(O)C3C(=O)C1=C2O. The fraction of sp³-hybridized carbons (Fsp3) is 0.364. The second-order valence-corrected chi connectivity index (χ2v) is 7.92. The second kappa shape index (κ2) is 6.83. The van der Waals surface area contributed by atoms with Gasteiger partial charge in [0.1, 0.15) is 17.3 Å². The minimum Gasteiger partial charge on any atom is -0.511 e. The summed E-state index contributed by atoms with van der Waals surface area (Å²) in [6, 6.07) is 2.63. The van der Waals surface area contributed by atoms with Crippen LogP contribution >= 0.6 is 0 Å². The van der Waals surface area contributed by atoms with Crippen LogP contribution in [0, 0.1) is 17.8 Å². The van der Waals surface area contributed by atoms with E-state index >= 15 is 0 Å². The standard InChI is InChI=1S/C22H20O8/c1-8(23)15-14(25)7-10-5-9-6-12-11(22(29)30-2)3-4-13(24)18(12)21(28)16(9)20(27)17(10)19(15)26/h3-4,9-10,17,24,26,28H,5-7H2,1-2H3. The first-order chi connectivity index (χ1) is 14.2. The van der Waals surface area contributed by atoms with Crippen LogP contribution in [0.15, 0.2) is 29.0 Å². The molecule has 0 spiro atoms. The van der Waals surface area contributed by atoms with Crippen molar-refractivity contribution in [2.75, 3.05) is 7.11 Å². The molecule has 1 fully saturated rings. The van der Waals surface area contributed by atoms with Gasteiger partial charge in [0.15, 0.2) is 17.3 Å². The van der Waals surface area contributed by atoms with E-state index in [1.54, 1.807) is 0 Å². The third-order valence-corrected chi connectivity index (χ3v) is 6.28. The number of carbonyl (C=O) groups excluding carboxylic acids is 4. The number of benzene rings is 1. The number of aliphatic hydroxyl groups is 2. The Morgan fingerprint density at radius 2 is 1.80 bits per heavy atom. The number of ether oxygens (including phenoxy) is 1. The maximum atomic E-state index is 13.3. The van der Waals surface area contributed by atoms with Crippen molar-refractivity contribution < 1.29 is 39.2 Å². The molecule has 0 saturated heterocycles. The topological polar surface area (TPSA) is 138 Å². The zero-order valence-corrected chi connectivity index (χ0v) is 16.4. The Balaban J connectivity index is 1.89. The van der Waals surface area contributed by atoms with Crippen LogP contribution in [-0.4, -0.2) is 45.7 Å². The molecule has 3 atom stereocenters. The number of aromatic hydroxyl groups is 1. The Kier molecular flexibility index (Phi) is 4.52. The Morgan fingerprint density at radius 3 is 2.43 bits per heavy atom. The van der Waals surface area contributed by atoms with Gasteiger partial charge in [-0.25, -0.2) is 4.79 Å². The fourth-order valence-electron chi connectivity index (χ4n) is 5.06. The summed E-state index contributed by atoms with van der Waals surface area (Å²) in [6.07, 6.45) is 0.421. The van der Waals surface area contributed by atoms with Crippen molar-refractivity contribution in [1.82, 2.24) is 0 Å². The van der Waals surface area contributed by atoms with Crippen LogP contribution in [0.1, 0.15) is 41.3 Å². The lowest BCUT2D eigenvalue weighted by Crippen LogP contribution is -2.43. The molecule has 1 saturated carbocycles. The lowest BCUT2D eigenvalue weighted by molar-refractivity contribution is -0.127. The van der Waals surface area contributed by atoms with Crippen LogP contribution in [-0.2, 0) is 25.5 Å². The number of phenolic OH excluding ortho intramolecular Hbond substituents is 1. The maximum Gasteiger partial charge on any atom is 0.338 e. The number of esters is 1. The van der Waals surface area contributed by atoms with Gasteiger partial charge in [0, 0.05) is 12.0 Å². The monoisotopic (exact) mass is 412 g/mol. The number of methoxy groups -OCH3 is 1. The zero-order chi connectivity index (χ0) is 21.9. The highest BCUT2D eigenvalue weighted by molar-refractivity contribution is 6.22. The maximum absolute atomic E-state index is 13.3. The highest BCUT2D eigenvalue weighted by Crippen LogP contribution is 2.50. The first kappa shape index (κ1) is 19.9. The fourth-order valence-corrected chi connectivity index (χ4v) is 5.06. The third-order valence-electron chi connectivity index (χ3n) is 6.28. The van der Waals surface area contributed by atoms with Crippen molar-refractivity contribution in [3.05, 3.63) is 45.7 Å². The molecule has 0 heterocycles. The van der Waals surface area contributed by atoms with E-state index in [-0.39, 0.29) is 40.9 Å². The van der Waals surface area contributed by atoms with Crippen molar-refractivity contribution in [2.45, 2.75) is 26.2 Å². The van der Waals surface area contributed by atoms with Crippen LogP contribution in [0.4, 0.5) is 0 Å². The number of Topliss-reactive ketones (excluding diaryl/α,β-unsaturated/α-hetero) is 3. The number of rotatable bonds is 2. The molecule has 156 valence electrons. The molecule has 1 aromatic carbocycles. The molecule has 8 heteroatoms. The number of aliphatic hydroxyl groups excluding tert-OH is 2. The van der Waals surface area contributed by atoms with E-state index in [9.17, 15) is 34.5 Å². The third kappa shape index (κ3) is 2.67. The van der Waals surface area contributed by atoms with Gasteiger partial charge >= 0.3 is 5.97 Å². The summed E-state index contributed by atoms with van der Waals surface area (Å²) >= 11 is 0. The Hall–Kier alpha value is -3.42. The largest absolute Gasteiger partial charge is 0.511 e. The highest BCUT2D eigenvalue weighted by Gasteiger charge is 2.50. The van der Waals surface area contributed by atoms with Gasteiger partial charge in [0.05, 0.1) is 29.7 Å². The van der Waals surface area contributed by atoms with Crippen molar-refractivity contribution in [3.63, 3.8) is 0 Å². The van der Waals surface area contributed by atoms with Gasteiger partial charge in [-0.3, -0.25) is 14.4 Å². The molecule has 0 amide bonds. The van der Waals surface area contributed by atoms with Crippen molar-refractivity contribution in [3.8, 4) is 5.75 Å². The lowest BCUT2D eigenvalue weighted by Gasteiger charge is -2.41. The summed E-state index contributed by atoms with van der Waals surface area (Å²) in [6.45, 7) is 1.15. The average Bonchev–Trinajstić information content (AvgIpc) is 2.66. The molecule has 0 aromatic heterocycles. The smallest absolute Gasteiger partial charge is 0.338 e. The summed E-state index contributed by atoms with van der Waals surface area (Å²) in [4.78, 5) is 49.6. The first-order valence-corrected chi connectivity index (χ1v) is 9.55. The Labute approximate surface area is 171 Å². The van der Waals surface area contributed by atoms with Crippen LogP contribution in [0.5, 0.6) is 5.75 Å². The molecule has 0 bridgehead atoms. The van der Waals surface area contributed by atoms with Gasteiger partial charge in [0.25, 0.3) is 0 Å². The Morgan fingerprint density at radius 1 is 1.10 bits per heavy atom. The first-order valence-electron chi connectivity index (χ1n) is 9.55. The summed E-state index contributed by atoms with van der Waals surface area (Å²) in [7, 11) is 1.22. The minimum atomic E-state index is -1.09. The predicted molar refractivity (Wildman–Crippen MR) is 103 cm³/mol. The van der Waals surface area contributed by atoms with E-state index in [2.05, 4.69) is 0 Å². The number of carbonyl (C=O) groups is 4. The molecule has 3 unspecified atom stereocenters. The molecule has 8 nitrogen and oxygen atoms in total. The predicted octanol–water partition coefficient (Wildman–Crippen LogP) is 2.20. The summed E-state index contributed by atoms with van der Waals surface area (Å²) < 4.78 is 4.78. The zero-order valence-electron chi connectivity index (χ0n) is 16.4. The van der Waals surface area contributed by atoms with E-state index < -0.39 is 52.6 Å². The van der Waals surface area contributed by atoms with Crippen LogP contribution in [0.2, 0.25) is 0 Å². The van der Waals surface area contributed by atoms with E-state index in [0.29, 0.717) is 12.0 Å².